The minimum atomic E-state index is -0.214. The first kappa shape index (κ1) is 27.0. The molecule has 1 atom stereocenters. The Bertz CT molecular complexity index is 1510. The quantitative estimate of drug-likeness (QED) is 0.293. The Morgan fingerprint density at radius 2 is 1.74 bits per heavy atom. The highest BCUT2D eigenvalue weighted by Crippen LogP contribution is 2.49. The van der Waals surface area contributed by atoms with E-state index in [0.29, 0.717) is 10.8 Å². The van der Waals surface area contributed by atoms with E-state index in [1.165, 1.54) is 0 Å². The predicted molar refractivity (Wildman–Crippen MR) is 160 cm³/mol. The van der Waals surface area contributed by atoms with E-state index in [1.807, 2.05) is 86.1 Å². The number of aromatic nitrogens is 2. The summed E-state index contributed by atoms with van der Waals surface area (Å²) in [5.41, 5.74) is 6.73. The smallest absolute Gasteiger partial charge is 0.240 e. The number of thioether (sulfide) groups is 1. The van der Waals surface area contributed by atoms with E-state index >= 15 is 0 Å². The SMILES string of the molecule is Cc1ccc(-n2nc(-c3ccc(Cl)cc3)c3c2N(CC(=O)NC(C)C)C(=O)CSC3c2ccccc2C)cc1. The Morgan fingerprint density at radius 3 is 2.41 bits per heavy atom. The summed E-state index contributed by atoms with van der Waals surface area (Å²) in [4.78, 5) is 28.4. The number of nitrogens with zero attached hydrogens (tertiary/aromatic N) is 3. The molecule has 5 rings (SSSR count). The lowest BCUT2D eigenvalue weighted by Gasteiger charge is -2.24. The van der Waals surface area contributed by atoms with Crippen LogP contribution in [0.3, 0.4) is 0 Å². The van der Waals surface area contributed by atoms with Crippen LogP contribution in [0.15, 0.2) is 72.8 Å². The Labute approximate surface area is 238 Å². The molecule has 1 aromatic heterocycles. The topological polar surface area (TPSA) is 67.2 Å². The lowest BCUT2D eigenvalue weighted by Crippen LogP contribution is -2.44. The zero-order chi connectivity index (χ0) is 27.7. The molecule has 0 bridgehead atoms. The molecule has 0 radical (unpaired) electrons. The molecular weight excluding hydrogens is 528 g/mol. The van der Waals surface area contributed by atoms with Gasteiger partial charge in [0.15, 0.2) is 0 Å². The lowest BCUT2D eigenvalue weighted by atomic mass is 9.96. The zero-order valence-corrected chi connectivity index (χ0v) is 24.0. The van der Waals surface area contributed by atoms with Crippen LogP contribution < -0.4 is 10.2 Å². The summed E-state index contributed by atoms with van der Waals surface area (Å²) >= 11 is 7.81. The van der Waals surface area contributed by atoms with Gasteiger partial charge in [0.2, 0.25) is 11.8 Å². The van der Waals surface area contributed by atoms with Gasteiger partial charge in [-0.3, -0.25) is 14.5 Å². The summed E-state index contributed by atoms with van der Waals surface area (Å²) in [7, 11) is 0. The van der Waals surface area contributed by atoms with Crippen LogP contribution in [0.4, 0.5) is 5.82 Å². The van der Waals surface area contributed by atoms with Gasteiger partial charge in [0, 0.05) is 22.2 Å². The number of aryl methyl sites for hydroxylation is 2. The number of halogens is 1. The van der Waals surface area contributed by atoms with Gasteiger partial charge in [0.05, 0.1) is 22.4 Å². The van der Waals surface area contributed by atoms with Crippen LogP contribution in [0.5, 0.6) is 0 Å². The first-order valence-corrected chi connectivity index (χ1v) is 14.4. The Kier molecular flexibility index (Phi) is 7.82. The van der Waals surface area contributed by atoms with Crippen LogP contribution in [-0.4, -0.2) is 39.9 Å². The van der Waals surface area contributed by atoms with Crippen molar-refractivity contribution in [2.24, 2.45) is 0 Å². The van der Waals surface area contributed by atoms with E-state index in [0.717, 1.165) is 39.2 Å². The fourth-order valence-electron chi connectivity index (χ4n) is 4.84. The number of hydrogen-bond acceptors (Lipinski definition) is 4. The van der Waals surface area contributed by atoms with Gasteiger partial charge < -0.3 is 5.32 Å². The number of fused-ring (bicyclic) bond motifs is 1. The zero-order valence-electron chi connectivity index (χ0n) is 22.4. The molecule has 1 unspecified atom stereocenters. The van der Waals surface area contributed by atoms with E-state index in [-0.39, 0.29) is 35.4 Å². The van der Waals surface area contributed by atoms with E-state index in [4.69, 9.17) is 16.7 Å². The Hall–Kier alpha value is -3.55. The number of carbonyl (C=O) groups is 2. The first-order chi connectivity index (χ1) is 18.7. The summed E-state index contributed by atoms with van der Waals surface area (Å²) in [6, 6.07) is 23.8. The predicted octanol–water partition coefficient (Wildman–Crippen LogP) is 6.50. The van der Waals surface area contributed by atoms with Gasteiger partial charge >= 0.3 is 0 Å². The van der Waals surface area contributed by atoms with Crippen LogP contribution in [0.1, 0.15) is 41.4 Å². The molecule has 4 aromatic rings. The van der Waals surface area contributed by atoms with Crippen LogP contribution in [0.25, 0.3) is 16.9 Å². The van der Waals surface area contributed by atoms with Crippen LogP contribution in [-0.2, 0) is 9.59 Å². The Balaban J connectivity index is 1.81. The average Bonchev–Trinajstić information content (AvgIpc) is 3.22. The first-order valence-electron chi connectivity index (χ1n) is 13.0. The second-order valence-electron chi connectivity index (χ2n) is 10.1. The van der Waals surface area contributed by atoms with Crippen molar-refractivity contribution in [2.75, 3.05) is 17.2 Å². The summed E-state index contributed by atoms with van der Waals surface area (Å²) in [6.07, 6.45) is 0. The summed E-state index contributed by atoms with van der Waals surface area (Å²) in [5.74, 6) is 0.503. The number of nitrogens with one attached hydrogen (secondary N) is 1. The third kappa shape index (κ3) is 5.60. The number of anilines is 1. The maximum atomic E-state index is 13.8. The highest BCUT2D eigenvalue weighted by molar-refractivity contribution is 8.00. The Morgan fingerprint density at radius 1 is 1.05 bits per heavy atom. The van der Waals surface area contributed by atoms with E-state index in [2.05, 4.69) is 24.4 Å². The van der Waals surface area contributed by atoms with E-state index in [9.17, 15) is 9.59 Å². The minimum absolute atomic E-state index is 0.0419. The van der Waals surface area contributed by atoms with E-state index < -0.39 is 0 Å². The molecule has 39 heavy (non-hydrogen) atoms. The van der Waals surface area contributed by atoms with Crippen molar-refractivity contribution in [1.29, 1.82) is 0 Å². The third-order valence-corrected chi connectivity index (χ3v) is 8.20. The van der Waals surface area contributed by atoms with Gasteiger partial charge in [0.1, 0.15) is 12.4 Å². The summed E-state index contributed by atoms with van der Waals surface area (Å²) in [5, 5.41) is 8.53. The molecule has 0 aliphatic carbocycles. The molecule has 200 valence electrons. The number of carbonyl (C=O) groups excluding carboxylic acids is 2. The molecule has 1 aliphatic rings. The van der Waals surface area contributed by atoms with Crippen LogP contribution in [0.2, 0.25) is 5.02 Å². The van der Waals surface area contributed by atoms with Crippen molar-refractivity contribution in [2.45, 2.75) is 39.0 Å². The van der Waals surface area contributed by atoms with E-state index in [1.54, 1.807) is 16.7 Å². The molecule has 0 spiro atoms. The minimum Gasteiger partial charge on any atom is -0.352 e. The molecule has 8 heteroatoms. The van der Waals surface area contributed by atoms with Crippen molar-refractivity contribution in [1.82, 2.24) is 15.1 Å². The maximum Gasteiger partial charge on any atom is 0.240 e. The summed E-state index contributed by atoms with van der Waals surface area (Å²) in [6.45, 7) is 7.84. The molecule has 3 aromatic carbocycles. The van der Waals surface area contributed by atoms with Gasteiger partial charge in [-0.2, -0.15) is 5.10 Å². The van der Waals surface area contributed by atoms with Crippen molar-refractivity contribution >= 4 is 41.0 Å². The average molecular weight is 559 g/mol. The lowest BCUT2D eigenvalue weighted by molar-refractivity contribution is -0.123. The molecule has 0 saturated heterocycles. The number of rotatable bonds is 6. The monoisotopic (exact) mass is 558 g/mol. The molecule has 0 saturated carbocycles. The highest BCUT2D eigenvalue weighted by Gasteiger charge is 2.38. The molecular formula is C31H31ClN4O2S. The fraction of sp³-hybridized carbons (Fsp3) is 0.258. The number of hydrogen-bond donors (Lipinski definition) is 1. The van der Waals surface area contributed by atoms with Gasteiger partial charge in [-0.1, -0.05) is 65.7 Å². The van der Waals surface area contributed by atoms with Crippen molar-refractivity contribution in [3.8, 4) is 16.9 Å². The maximum absolute atomic E-state index is 13.8. The highest BCUT2D eigenvalue weighted by atomic mass is 35.5. The van der Waals surface area contributed by atoms with Gasteiger partial charge in [-0.15, -0.1) is 11.8 Å². The normalized spacial score (nSPS) is 15.3. The fourth-order valence-corrected chi connectivity index (χ4v) is 6.26. The summed E-state index contributed by atoms with van der Waals surface area (Å²) < 4.78 is 1.82. The number of benzene rings is 3. The van der Waals surface area contributed by atoms with Crippen molar-refractivity contribution in [3.05, 3.63) is 100 Å². The van der Waals surface area contributed by atoms with Crippen LogP contribution >= 0.6 is 23.4 Å². The molecule has 2 amide bonds. The largest absolute Gasteiger partial charge is 0.352 e. The molecule has 1 aliphatic heterocycles. The second-order valence-corrected chi connectivity index (χ2v) is 11.6. The second kappa shape index (κ2) is 11.3. The molecule has 0 fully saturated rings. The van der Waals surface area contributed by atoms with Crippen molar-refractivity contribution in [3.63, 3.8) is 0 Å². The van der Waals surface area contributed by atoms with Gasteiger partial charge in [0.25, 0.3) is 0 Å². The molecule has 2 heterocycles. The third-order valence-electron chi connectivity index (χ3n) is 6.71. The van der Waals surface area contributed by atoms with Gasteiger partial charge in [-0.25, -0.2) is 4.68 Å². The standard InChI is InChI=1S/C31H31ClN4O2S/c1-19(2)33-26(37)17-35-27(38)18-39-30(25-8-6-5-7-21(25)4)28-29(22-11-13-23(32)14-12-22)34-36(31(28)35)24-15-9-20(3)10-16-24/h5-16,19,30H,17-18H2,1-4H3,(H,33,37). The van der Waals surface area contributed by atoms with Crippen molar-refractivity contribution < 1.29 is 9.59 Å². The van der Waals surface area contributed by atoms with Crippen LogP contribution in [0, 0.1) is 13.8 Å². The molecule has 6 nitrogen and oxygen atoms in total. The number of amides is 2. The molecule has 1 N–H and O–H groups in total. The van der Waals surface area contributed by atoms with Gasteiger partial charge in [-0.05, 0) is 63.1 Å².